The van der Waals surface area contributed by atoms with Crippen molar-refractivity contribution in [1.29, 1.82) is 0 Å². The monoisotopic (exact) mass is 446 g/mol. The molecule has 3 heteroatoms. The number of carbonyl (C=O) groups excluding carboxylic acids is 1. The smallest absolute Gasteiger partial charge is 0.316 e. The van der Waals surface area contributed by atoms with Crippen LogP contribution in [0, 0.1) is 13.0 Å². The molecule has 0 aliphatic carbocycles. The summed E-state index contributed by atoms with van der Waals surface area (Å²) in [7, 11) is 0. The number of nitrogens with zero attached hydrogens (tertiary/aromatic N) is 1. The van der Waals surface area contributed by atoms with Gasteiger partial charge >= 0.3 is 21.1 Å². The molecule has 0 spiro atoms. The van der Waals surface area contributed by atoms with Gasteiger partial charge in [0.25, 0.3) is 0 Å². The maximum absolute atomic E-state index is 10.1. The third-order valence-corrected chi connectivity index (χ3v) is 2.10. The van der Waals surface area contributed by atoms with Crippen LogP contribution in [0.3, 0.4) is 0 Å². The summed E-state index contributed by atoms with van der Waals surface area (Å²) in [6.07, 6.45) is 3.29. The number of allylic oxidation sites excluding steroid dienone is 2. The Labute approximate surface area is 135 Å². The Kier molecular flexibility index (Phi) is 9.32. The molecule has 2 rings (SSSR count). The van der Waals surface area contributed by atoms with Crippen molar-refractivity contribution in [2.24, 2.45) is 0 Å². The van der Waals surface area contributed by atoms with Crippen LogP contribution in [0.5, 0.6) is 0 Å². The summed E-state index contributed by atoms with van der Waals surface area (Å²) in [6.45, 7) is 6.82. The Morgan fingerprint density at radius 2 is 1.90 bits per heavy atom. The van der Waals surface area contributed by atoms with E-state index < -0.39 is 0 Å². The summed E-state index contributed by atoms with van der Waals surface area (Å²) in [4.78, 5) is 14.4. The third-order valence-electron chi connectivity index (χ3n) is 2.10. The number of carbonyl (C=O) groups is 1. The van der Waals surface area contributed by atoms with E-state index in [2.05, 4.69) is 18.0 Å². The fraction of sp³-hybridized carbons (Fsp3) is 0.118. The molecule has 0 aliphatic heterocycles. The van der Waals surface area contributed by atoms with Crippen LogP contribution in [0.1, 0.15) is 13.8 Å². The minimum atomic E-state index is 0. The average molecular weight is 446 g/mol. The molecule has 0 radical (unpaired) electrons. The van der Waals surface area contributed by atoms with Gasteiger partial charge < -0.3 is 9.78 Å². The minimum absolute atomic E-state index is 0. The van der Waals surface area contributed by atoms with Crippen LogP contribution in [0.25, 0.3) is 11.3 Å². The molecule has 0 fully saturated rings. The molecule has 20 heavy (non-hydrogen) atoms. The Hall–Kier alpha value is -1.66. The maximum Gasteiger partial charge on any atom is 2.00 e. The molecule has 0 amide bonds. The molecule has 0 unspecified atom stereocenters. The van der Waals surface area contributed by atoms with Gasteiger partial charge in [-0.2, -0.15) is 6.08 Å². The molecule has 0 atom stereocenters. The summed E-state index contributed by atoms with van der Waals surface area (Å²) in [5, 5.41) is 0. The van der Waals surface area contributed by atoms with Crippen LogP contribution in [0.2, 0.25) is 0 Å². The number of benzene rings is 1. The summed E-state index contributed by atoms with van der Waals surface area (Å²) in [5.74, 6) is 0.0625. The molecule has 1 aromatic heterocycles. The Balaban J connectivity index is 0.000000396. The number of pyridine rings is 1. The molecule has 2 nitrogen and oxygen atoms in total. The first-order chi connectivity index (χ1) is 9.09. The van der Waals surface area contributed by atoms with E-state index in [0.29, 0.717) is 0 Å². The molecule has 0 aliphatic rings. The zero-order chi connectivity index (χ0) is 14.1. The number of ketones is 1. The standard InChI is InChI=1S/C11H8N.C6H9O.Pt/c1-2-6-10(7-3-1)11-8-4-5-9-12-11;1-5(2)4-6(3)7;/h1-6,8-9H;4H,1H2,2-3H3;/q2*-1;+2/b;5-4+;. The van der Waals surface area contributed by atoms with Gasteiger partial charge in [0.15, 0.2) is 0 Å². The fourth-order valence-corrected chi connectivity index (χ4v) is 1.42. The molecule has 1 heterocycles. The predicted molar refractivity (Wildman–Crippen MR) is 78.3 cm³/mol. The van der Waals surface area contributed by atoms with Crippen LogP contribution in [-0.4, -0.2) is 10.8 Å². The Bertz CT molecular complexity index is 494. The molecule has 0 saturated carbocycles. The first-order valence-electron chi connectivity index (χ1n) is 5.98. The van der Waals surface area contributed by atoms with Crippen molar-refractivity contribution in [1.82, 2.24) is 4.98 Å². The summed E-state index contributed by atoms with van der Waals surface area (Å²) in [6, 6.07) is 16.8. The van der Waals surface area contributed by atoms with Gasteiger partial charge in [-0.3, -0.25) is 0 Å². The molecule has 0 N–H and O–H groups in total. The zero-order valence-electron chi connectivity index (χ0n) is 11.6. The maximum atomic E-state index is 10.1. The quantitative estimate of drug-likeness (QED) is 0.518. The molecule has 1 aromatic carbocycles. The van der Waals surface area contributed by atoms with Crippen molar-refractivity contribution in [3.05, 3.63) is 73.3 Å². The normalized spacial score (nSPS) is 9.80. The SMILES string of the molecule is [CH2-]/C(C)=C\C(C)=O.[Pt+2].[c-]1ccccc1-c1ccccn1. The van der Waals surface area contributed by atoms with Gasteiger partial charge in [0.2, 0.25) is 0 Å². The van der Waals surface area contributed by atoms with Crippen molar-refractivity contribution in [3.63, 3.8) is 0 Å². The molecular weight excluding hydrogens is 429 g/mol. The van der Waals surface area contributed by atoms with Gasteiger partial charge in [0.05, 0.1) is 5.78 Å². The summed E-state index contributed by atoms with van der Waals surface area (Å²) < 4.78 is 0. The average Bonchev–Trinajstić information content (AvgIpc) is 2.40. The van der Waals surface area contributed by atoms with E-state index in [-0.39, 0.29) is 26.8 Å². The Morgan fingerprint density at radius 3 is 2.30 bits per heavy atom. The first kappa shape index (κ1) is 18.3. The van der Waals surface area contributed by atoms with Crippen LogP contribution < -0.4 is 0 Å². The summed E-state index contributed by atoms with van der Waals surface area (Å²) in [5.41, 5.74) is 2.82. The second-order valence-corrected chi connectivity index (χ2v) is 4.09. The fourth-order valence-electron chi connectivity index (χ4n) is 1.42. The van der Waals surface area contributed by atoms with E-state index in [4.69, 9.17) is 0 Å². The number of hydrogen-bond donors (Lipinski definition) is 0. The van der Waals surface area contributed by atoms with Gasteiger partial charge in [0, 0.05) is 6.20 Å². The Morgan fingerprint density at radius 1 is 1.20 bits per heavy atom. The van der Waals surface area contributed by atoms with Crippen LogP contribution >= 0.6 is 0 Å². The van der Waals surface area contributed by atoms with E-state index in [9.17, 15) is 4.79 Å². The molecule has 0 bridgehead atoms. The van der Waals surface area contributed by atoms with Gasteiger partial charge in [-0.25, -0.2) is 12.5 Å². The van der Waals surface area contributed by atoms with E-state index in [1.54, 1.807) is 13.1 Å². The zero-order valence-corrected chi connectivity index (χ0v) is 13.8. The third kappa shape index (κ3) is 7.70. The van der Waals surface area contributed by atoms with Crippen molar-refractivity contribution < 1.29 is 25.9 Å². The van der Waals surface area contributed by atoms with Gasteiger partial charge in [-0.05, 0) is 18.7 Å². The van der Waals surface area contributed by atoms with Crippen LogP contribution in [0.4, 0.5) is 0 Å². The van der Waals surface area contributed by atoms with Crippen LogP contribution in [0.15, 0.2) is 60.3 Å². The van der Waals surface area contributed by atoms with Crippen LogP contribution in [-0.2, 0) is 25.9 Å². The van der Waals surface area contributed by atoms with Crippen molar-refractivity contribution >= 4 is 5.78 Å². The molecular formula is C17H17NOPt. The predicted octanol–water partition coefficient (Wildman–Crippen LogP) is 3.90. The van der Waals surface area contributed by atoms with Crippen molar-refractivity contribution in [2.75, 3.05) is 0 Å². The van der Waals surface area contributed by atoms with Crippen molar-refractivity contribution in [2.45, 2.75) is 13.8 Å². The van der Waals surface area contributed by atoms with E-state index in [1.807, 2.05) is 42.5 Å². The van der Waals surface area contributed by atoms with Gasteiger partial charge in [-0.15, -0.1) is 35.9 Å². The molecule has 106 valence electrons. The number of rotatable bonds is 2. The number of aromatic nitrogens is 1. The van der Waals surface area contributed by atoms with E-state index >= 15 is 0 Å². The minimum Gasteiger partial charge on any atom is -0.316 e. The first-order valence-corrected chi connectivity index (χ1v) is 5.98. The van der Waals surface area contributed by atoms with Crippen molar-refractivity contribution in [3.8, 4) is 11.3 Å². The van der Waals surface area contributed by atoms with E-state index in [1.165, 1.54) is 13.0 Å². The number of hydrogen-bond acceptors (Lipinski definition) is 2. The second-order valence-electron chi connectivity index (χ2n) is 4.09. The second kappa shape index (κ2) is 10.2. The molecule has 2 aromatic rings. The summed E-state index contributed by atoms with van der Waals surface area (Å²) >= 11 is 0. The topological polar surface area (TPSA) is 30.0 Å². The van der Waals surface area contributed by atoms with E-state index in [0.717, 1.165) is 16.8 Å². The van der Waals surface area contributed by atoms with Gasteiger partial charge in [-0.1, -0.05) is 19.1 Å². The van der Waals surface area contributed by atoms with Gasteiger partial charge in [0.1, 0.15) is 0 Å². The molecule has 0 saturated heterocycles. The largest absolute Gasteiger partial charge is 2.00 e.